The van der Waals surface area contributed by atoms with Crippen molar-refractivity contribution < 1.29 is 0 Å². The maximum atomic E-state index is 4.50. The normalized spacial score (nSPS) is 38.3. The molecule has 0 bridgehead atoms. The summed E-state index contributed by atoms with van der Waals surface area (Å²) >= 11 is 1.88. The molecule has 2 aliphatic rings. The van der Waals surface area contributed by atoms with Gasteiger partial charge in [-0.05, 0) is 24.2 Å². The third-order valence-electron chi connectivity index (χ3n) is 2.84. The van der Waals surface area contributed by atoms with Gasteiger partial charge in [0.1, 0.15) is 0 Å². The SMILES string of the molecule is CC1CN=C(NCC2CC2C)SC1. The number of nitrogens with zero attached hydrogens (tertiary/aromatic N) is 1. The molecule has 1 heterocycles. The summed E-state index contributed by atoms with van der Waals surface area (Å²) in [7, 11) is 0. The van der Waals surface area contributed by atoms with E-state index in [1.165, 1.54) is 17.3 Å². The maximum absolute atomic E-state index is 4.50. The van der Waals surface area contributed by atoms with Crippen LogP contribution in [0.25, 0.3) is 0 Å². The molecule has 3 atom stereocenters. The quantitative estimate of drug-likeness (QED) is 0.733. The molecular formula is C10H18N2S. The number of amidine groups is 1. The van der Waals surface area contributed by atoms with Crippen LogP contribution in [0, 0.1) is 17.8 Å². The van der Waals surface area contributed by atoms with Crippen LogP contribution in [0.2, 0.25) is 0 Å². The highest BCUT2D eigenvalue weighted by atomic mass is 32.2. The van der Waals surface area contributed by atoms with Crippen molar-refractivity contribution in [2.24, 2.45) is 22.7 Å². The van der Waals surface area contributed by atoms with E-state index in [2.05, 4.69) is 24.2 Å². The Hall–Kier alpha value is -0.180. The van der Waals surface area contributed by atoms with Crippen LogP contribution in [0.15, 0.2) is 4.99 Å². The molecule has 74 valence electrons. The van der Waals surface area contributed by atoms with Crippen molar-refractivity contribution in [1.29, 1.82) is 0 Å². The van der Waals surface area contributed by atoms with Gasteiger partial charge in [-0.3, -0.25) is 4.99 Å². The molecule has 2 rings (SSSR count). The molecule has 0 amide bonds. The van der Waals surface area contributed by atoms with Gasteiger partial charge in [0.2, 0.25) is 0 Å². The smallest absolute Gasteiger partial charge is 0.156 e. The fraction of sp³-hybridized carbons (Fsp3) is 0.900. The highest BCUT2D eigenvalue weighted by Crippen LogP contribution is 2.36. The summed E-state index contributed by atoms with van der Waals surface area (Å²) in [5.41, 5.74) is 0. The molecule has 0 saturated heterocycles. The first kappa shape index (κ1) is 9.38. The number of aliphatic imine (C=N–C) groups is 1. The van der Waals surface area contributed by atoms with Crippen LogP contribution in [0.3, 0.4) is 0 Å². The first-order valence-corrected chi connectivity index (χ1v) is 6.15. The van der Waals surface area contributed by atoms with Gasteiger partial charge in [-0.2, -0.15) is 0 Å². The van der Waals surface area contributed by atoms with Gasteiger partial charge >= 0.3 is 0 Å². The topological polar surface area (TPSA) is 24.4 Å². The van der Waals surface area contributed by atoms with Gasteiger partial charge < -0.3 is 5.32 Å². The van der Waals surface area contributed by atoms with Gasteiger partial charge in [0.25, 0.3) is 0 Å². The number of hydrogen-bond donors (Lipinski definition) is 1. The van der Waals surface area contributed by atoms with E-state index in [0.717, 1.165) is 30.8 Å². The molecule has 0 aromatic rings. The second-order valence-corrected chi connectivity index (χ2v) is 5.42. The lowest BCUT2D eigenvalue weighted by Gasteiger charge is -2.17. The monoisotopic (exact) mass is 198 g/mol. The molecule has 1 N–H and O–H groups in total. The van der Waals surface area contributed by atoms with Crippen molar-refractivity contribution in [3.8, 4) is 0 Å². The number of thioether (sulfide) groups is 1. The van der Waals surface area contributed by atoms with Crippen molar-refractivity contribution in [3.63, 3.8) is 0 Å². The van der Waals surface area contributed by atoms with E-state index >= 15 is 0 Å². The summed E-state index contributed by atoms with van der Waals surface area (Å²) in [6.07, 6.45) is 1.40. The van der Waals surface area contributed by atoms with Crippen LogP contribution in [-0.2, 0) is 0 Å². The maximum Gasteiger partial charge on any atom is 0.156 e. The molecule has 13 heavy (non-hydrogen) atoms. The second kappa shape index (κ2) is 3.91. The molecule has 0 spiro atoms. The number of hydrogen-bond acceptors (Lipinski definition) is 3. The second-order valence-electron chi connectivity index (χ2n) is 4.42. The molecule has 1 saturated carbocycles. The zero-order valence-corrected chi connectivity index (χ0v) is 9.23. The van der Waals surface area contributed by atoms with E-state index in [1.807, 2.05) is 11.8 Å². The van der Waals surface area contributed by atoms with Gasteiger partial charge in [-0.25, -0.2) is 0 Å². The molecule has 0 aromatic carbocycles. The Balaban J connectivity index is 1.69. The van der Waals surface area contributed by atoms with Crippen LogP contribution in [0.4, 0.5) is 0 Å². The fourth-order valence-electron chi connectivity index (χ4n) is 1.57. The average Bonchev–Trinajstić information content (AvgIpc) is 2.81. The van der Waals surface area contributed by atoms with Crippen molar-refractivity contribution in [3.05, 3.63) is 0 Å². The summed E-state index contributed by atoms with van der Waals surface area (Å²) in [5.74, 6) is 3.85. The van der Waals surface area contributed by atoms with Crippen molar-refractivity contribution in [2.45, 2.75) is 20.3 Å². The summed E-state index contributed by atoms with van der Waals surface area (Å²) < 4.78 is 0. The third-order valence-corrected chi connectivity index (χ3v) is 4.13. The Kier molecular flexibility index (Phi) is 2.82. The summed E-state index contributed by atoms with van der Waals surface area (Å²) in [6, 6.07) is 0. The average molecular weight is 198 g/mol. The van der Waals surface area contributed by atoms with Gasteiger partial charge in [0.05, 0.1) is 0 Å². The van der Waals surface area contributed by atoms with E-state index in [-0.39, 0.29) is 0 Å². The molecule has 1 fully saturated rings. The molecule has 0 radical (unpaired) electrons. The number of nitrogens with one attached hydrogen (secondary N) is 1. The predicted molar refractivity (Wildman–Crippen MR) is 59.2 cm³/mol. The Morgan fingerprint density at radius 1 is 1.54 bits per heavy atom. The minimum Gasteiger partial charge on any atom is -0.365 e. The molecule has 1 aliphatic heterocycles. The van der Waals surface area contributed by atoms with E-state index in [4.69, 9.17) is 0 Å². The first-order chi connectivity index (χ1) is 6.25. The molecule has 3 heteroatoms. The zero-order chi connectivity index (χ0) is 9.26. The van der Waals surface area contributed by atoms with Crippen LogP contribution in [-0.4, -0.2) is 24.0 Å². The van der Waals surface area contributed by atoms with Gasteiger partial charge in [0.15, 0.2) is 5.17 Å². The lowest BCUT2D eigenvalue weighted by atomic mass is 10.2. The van der Waals surface area contributed by atoms with E-state index in [9.17, 15) is 0 Å². The first-order valence-electron chi connectivity index (χ1n) is 5.17. The van der Waals surface area contributed by atoms with Gasteiger partial charge in [0, 0.05) is 18.8 Å². The fourth-order valence-corrected chi connectivity index (χ4v) is 2.47. The van der Waals surface area contributed by atoms with Crippen LogP contribution in [0.5, 0.6) is 0 Å². The van der Waals surface area contributed by atoms with Gasteiger partial charge in [-0.1, -0.05) is 25.6 Å². The Morgan fingerprint density at radius 3 is 2.85 bits per heavy atom. The van der Waals surface area contributed by atoms with Crippen molar-refractivity contribution >= 4 is 16.9 Å². The van der Waals surface area contributed by atoms with Crippen LogP contribution < -0.4 is 5.32 Å². The standard InChI is InChI=1S/C10H18N2S/c1-7-4-11-10(13-6-7)12-5-9-3-8(9)2/h7-9H,3-6H2,1-2H3,(H,11,12). The van der Waals surface area contributed by atoms with Crippen LogP contribution >= 0.6 is 11.8 Å². The third kappa shape index (κ3) is 2.63. The number of rotatable bonds is 2. The summed E-state index contributed by atoms with van der Waals surface area (Å²) in [5, 5.41) is 4.63. The summed E-state index contributed by atoms with van der Waals surface area (Å²) in [4.78, 5) is 4.50. The molecule has 2 nitrogen and oxygen atoms in total. The highest BCUT2D eigenvalue weighted by Gasteiger charge is 2.32. The van der Waals surface area contributed by atoms with E-state index < -0.39 is 0 Å². The largest absolute Gasteiger partial charge is 0.365 e. The Bertz CT molecular complexity index is 215. The molecule has 1 aliphatic carbocycles. The lowest BCUT2D eigenvalue weighted by molar-refractivity contribution is 0.662. The molecule has 0 aromatic heterocycles. The minimum absolute atomic E-state index is 0.760. The molecule has 3 unspecified atom stereocenters. The zero-order valence-electron chi connectivity index (χ0n) is 8.42. The van der Waals surface area contributed by atoms with E-state index in [0.29, 0.717) is 0 Å². The summed E-state index contributed by atoms with van der Waals surface area (Å²) in [6.45, 7) is 6.73. The molecular weight excluding hydrogens is 180 g/mol. The van der Waals surface area contributed by atoms with Crippen molar-refractivity contribution in [1.82, 2.24) is 5.32 Å². The minimum atomic E-state index is 0.760. The predicted octanol–water partition coefficient (Wildman–Crippen LogP) is 1.97. The Morgan fingerprint density at radius 2 is 2.31 bits per heavy atom. The van der Waals surface area contributed by atoms with Gasteiger partial charge in [-0.15, -0.1) is 0 Å². The Labute approximate surface area is 84.6 Å². The van der Waals surface area contributed by atoms with Crippen molar-refractivity contribution in [2.75, 3.05) is 18.8 Å². The lowest BCUT2D eigenvalue weighted by Crippen LogP contribution is -2.28. The highest BCUT2D eigenvalue weighted by molar-refractivity contribution is 8.13. The van der Waals surface area contributed by atoms with E-state index in [1.54, 1.807) is 0 Å². The van der Waals surface area contributed by atoms with Crippen LogP contribution in [0.1, 0.15) is 20.3 Å².